The fourth-order valence-electron chi connectivity index (χ4n) is 4.13. The third-order valence-electron chi connectivity index (χ3n) is 5.97. The van der Waals surface area contributed by atoms with E-state index in [0.717, 1.165) is 10.8 Å². The van der Waals surface area contributed by atoms with E-state index in [0.29, 0.717) is 53.7 Å². The predicted molar refractivity (Wildman–Crippen MR) is 135 cm³/mol. The summed E-state index contributed by atoms with van der Waals surface area (Å²) in [6.07, 6.45) is 4.13. The molecule has 9 heteroatoms. The van der Waals surface area contributed by atoms with E-state index in [9.17, 15) is 13.5 Å². The molecule has 0 amide bonds. The molecule has 0 saturated carbocycles. The molecule has 0 spiro atoms. The highest BCUT2D eigenvalue weighted by Crippen LogP contribution is 2.34. The summed E-state index contributed by atoms with van der Waals surface area (Å²) < 4.78 is 28.7. The normalized spacial score (nSPS) is 14.9. The predicted octanol–water partition coefficient (Wildman–Crippen LogP) is 4.71. The van der Waals surface area contributed by atoms with Crippen molar-refractivity contribution in [1.29, 1.82) is 0 Å². The second kappa shape index (κ2) is 9.21. The number of sulfonamides is 1. The SMILES string of the molecule is O=S(=O)(Nc1ccc(Cl)c(-c2nccc3ccccc23)c1)c1ccc(N2CCC(O)CC2)nc1. The van der Waals surface area contributed by atoms with E-state index < -0.39 is 10.0 Å². The van der Waals surface area contributed by atoms with Crippen LogP contribution in [0, 0.1) is 0 Å². The highest BCUT2D eigenvalue weighted by Gasteiger charge is 2.20. The minimum Gasteiger partial charge on any atom is -0.393 e. The van der Waals surface area contributed by atoms with Crippen molar-refractivity contribution in [3.63, 3.8) is 0 Å². The number of hydrogen-bond donors (Lipinski definition) is 2. The zero-order valence-electron chi connectivity index (χ0n) is 18.2. The van der Waals surface area contributed by atoms with E-state index in [1.807, 2.05) is 35.2 Å². The molecule has 5 rings (SSSR count). The zero-order chi connectivity index (χ0) is 23.7. The first kappa shape index (κ1) is 22.6. The van der Waals surface area contributed by atoms with Gasteiger partial charge in [-0.25, -0.2) is 13.4 Å². The van der Waals surface area contributed by atoms with Crippen molar-refractivity contribution in [3.05, 3.63) is 78.1 Å². The summed E-state index contributed by atoms with van der Waals surface area (Å²) in [5.74, 6) is 0.696. The van der Waals surface area contributed by atoms with E-state index in [-0.39, 0.29) is 11.0 Å². The fraction of sp³-hybridized carbons (Fsp3) is 0.200. The quantitative estimate of drug-likeness (QED) is 0.417. The van der Waals surface area contributed by atoms with Gasteiger partial charge in [0.2, 0.25) is 0 Å². The fourth-order valence-corrected chi connectivity index (χ4v) is 5.33. The average molecular weight is 495 g/mol. The number of nitrogens with zero attached hydrogens (tertiary/aromatic N) is 3. The summed E-state index contributed by atoms with van der Waals surface area (Å²) >= 11 is 6.47. The standard InChI is InChI=1S/C25H23ClN4O3S/c26-23-7-5-18(15-22(23)25-21-4-2-1-3-17(21)9-12-27-25)29-34(32,33)20-6-8-24(28-16-20)30-13-10-19(31)11-14-30/h1-9,12,15-16,19,29,31H,10-11,13-14H2. The molecule has 1 aliphatic rings. The number of nitrogens with one attached hydrogen (secondary N) is 1. The molecule has 1 aliphatic heterocycles. The van der Waals surface area contributed by atoms with E-state index in [1.54, 1.807) is 36.5 Å². The Labute approximate surface area is 203 Å². The van der Waals surface area contributed by atoms with Crippen molar-refractivity contribution < 1.29 is 13.5 Å². The van der Waals surface area contributed by atoms with Crippen LogP contribution in [-0.2, 0) is 10.0 Å². The number of halogens is 1. The molecule has 34 heavy (non-hydrogen) atoms. The Kier molecular flexibility index (Phi) is 6.12. The van der Waals surface area contributed by atoms with Gasteiger partial charge >= 0.3 is 0 Å². The number of rotatable bonds is 5. The molecular formula is C25H23ClN4O3S. The van der Waals surface area contributed by atoms with Gasteiger partial charge in [-0.15, -0.1) is 0 Å². The molecule has 4 aromatic rings. The number of hydrogen-bond acceptors (Lipinski definition) is 6. The van der Waals surface area contributed by atoms with Gasteiger partial charge in [-0.3, -0.25) is 9.71 Å². The number of benzene rings is 2. The number of fused-ring (bicyclic) bond motifs is 1. The maximum absolute atomic E-state index is 13.0. The Morgan fingerprint density at radius 2 is 1.79 bits per heavy atom. The first-order valence-corrected chi connectivity index (χ1v) is 12.8. The van der Waals surface area contributed by atoms with Crippen LogP contribution in [0.4, 0.5) is 11.5 Å². The van der Waals surface area contributed by atoms with Gasteiger partial charge in [-0.1, -0.05) is 35.9 Å². The van der Waals surface area contributed by atoms with Crippen LogP contribution < -0.4 is 9.62 Å². The van der Waals surface area contributed by atoms with Gasteiger partial charge in [-0.05, 0) is 54.6 Å². The van der Waals surface area contributed by atoms with Crippen LogP contribution in [0.15, 0.2) is 78.0 Å². The summed E-state index contributed by atoms with van der Waals surface area (Å²) in [4.78, 5) is 10.9. The molecule has 2 aromatic carbocycles. The lowest BCUT2D eigenvalue weighted by atomic mass is 10.0. The lowest BCUT2D eigenvalue weighted by molar-refractivity contribution is 0.145. The molecule has 0 unspecified atom stereocenters. The molecule has 0 aliphatic carbocycles. The highest BCUT2D eigenvalue weighted by atomic mass is 35.5. The van der Waals surface area contributed by atoms with Gasteiger partial charge in [0, 0.05) is 42.1 Å². The van der Waals surface area contributed by atoms with E-state index in [1.165, 1.54) is 6.20 Å². The van der Waals surface area contributed by atoms with Gasteiger partial charge in [0.25, 0.3) is 10.0 Å². The third kappa shape index (κ3) is 4.57. The van der Waals surface area contributed by atoms with Crippen molar-refractivity contribution >= 4 is 43.9 Å². The van der Waals surface area contributed by atoms with Crippen molar-refractivity contribution in [2.75, 3.05) is 22.7 Å². The van der Waals surface area contributed by atoms with E-state index >= 15 is 0 Å². The summed E-state index contributed by atoms with van der Waals surface area (Å²) in [6.45, 7) is 1.38. The summed E-state index contributed by atoms with van der Waals surface area (Å²) in [5, 5.41) is 12.1. The smallest absolute Gasteiger partial charge is 0.263 e. The zero-order valence-corrected chi connectivity index (χ0v) is 19.8. The summed E-state index contributed by atoms with van der Waals surface area (Å²) in [7, 11) is -3.86. The molecular weight excluding hydrogens is 472 g/mol. The second-order valence-electron chi connectivity index (χ2n) is 8.25. The molecule has 0 radical (unpaired) electrons. The maximum atomic E-state index is 13.0. The van der Waals surface area contributed by atoms with Gasteiger partial charge in [0.1, 0.15) is 10.7 Å². The number of pyridine rings is 2. The van der Waals surface area contributed by atoms with Crippen LogP contribution in [0.2, 0.25) is 5.02 Å². The van der Waals surface area contributed by atoms with E-state index in [2.05, 4.69) is 14.7 Å². The monoisotopic (exact) mass is 494 g/mol. The van der Waals surface area contributed by atoms with Crippen molar-refractivity contribution in [1.82, 2.24) is 9.97 Å². The molecule has 7 nitrogen and oxygen atoms in total. The van der Waals surface area contributed by atoms with Gasteiger partial charge in [0.05, 0.1) is 16.8 Å². The summed E-state index contributed by atoms with van der Waals surface area (Å²) in [6, 6.07) is 17.9. The lowest BCUT2D eigenvalue weighted by Gasteiger charge is -2.30. The molecule has 1 saturated heterocycles. The Balaban J connectivity index is 1.41. The maximum Gasteiger partial charge on any atom is 0.263 e. The van der Waals surface area contributed by atoms with Crippen LogP contribution in [0.5, 0.6) is 0 Å². The molecule has 2 aromatic heterocycles. The van der Waals surface area contributed by atoms with E-state index in [4.69, 9.17) is 11.6 Å². The molecule has 174 valence electrons. The van der Waals surface area contributed by atoms with Crippen molar-refractivity contribution in [2.45, 2.75) is 23.8 Å². The Hall–Kier alpha value is -3.20. The summed E-state index contributed by atoms with van der Waals surface area (Å²) in [5.41, 5.74) is 1.70. The first-order chi connectivity index (χ1) is 16.4. The Morgan fingerprint density at radius 3 is 2.56 bits per heavy atom. The Morgan fingerprint density at radius 1 is 1.00 bits per heavy atom. The van der Waals surface area contributed by atoms with Crippen molar-refractivity contribution in [3.8, 4) is 11.3 Å². The molecule has 2 N–H and O–H groups in total. The van der Waals surface area contributed by atoms with Gasteiger partial charge in [0.15, 0.2) is 0 Å². The first-order valence-electron chi connectivity index (χ1n) is 11.0. The van der Waals surface area contributed by atoms with Gasteiger partial charge < -0.3 is 10.0 Å². The number of aliphatic hydroxyl groups excluding tert-OH is 1. The van der Waals surface area contributed by atoms with Crippen LogP contribution >= 0.6 is 11.6 Å². The number of anilines is 2. The number of piperidine rings is 1. The van der Waals surface area contributed by atoms with Crippen LogP contribution in [0.25, 0.3) is 22.0 Å². The van der Waals surface area contributed by atoms with Crippen molar-refractivity contribution in [2.24, 2.45) is 0 Å². The molecule has 1 fully saturated rings. The largest absolute Gasteiger partial charge is 0.393 e. The average Bonchev–Trinajstić information content (AvgIpc) is 2.85. The lowest BCUT2D eigenvalue weighted by Crippen LogP contribution is -2.36. The second-order valence-corrected chi connectivity index (χ2v) is 10.3. The van der Waals surface area contributed by atoms with Crippen LogP contribution in [0.3, 0.4) is 0 Å². The minimum atomic E-state index is -3.86. The highest BCUT2D eigenvalue weighted by molar-refractivity contribution is 7.92. The van der Waals surface area contributed by atoms with Crippen LogP contribution in [0.1, 0.15) is 12.8 Å². The number of aliphatic hydroxyl groups is 1. The molecule has 0 bridgehead atoms. The third-order valence-corrected chi connectivity index (χ3v) is 7.66. The molecule has 0 atom stereocenters. The minimum absolute atomic E-state index is 0.0630. The molecule has 3 heterocycles. The van der Waals surface area contributed by atoms with Crippen LogP contribution in [-0.4, -0.2) is 42.7 Å². The Bertz CT molecular complexity index is 1430. The number of aromatic nitrogens is 2. The van der Waals surface area contributed by atoms with Gasteiger partial charge in [-0.2, -0.15) is 0 Å². The topological polar surface area (TPSA) is 95.4 Å².